The number of ether oxygens (including phenoxy) is 1. The van der Waals surface area contributed by atoms with E-state index in [1.807, 2.05) is 65.6 Å². The number of likely N-dealkylation sites (tertiary alicyclic amines) is 1. The van der Waals surface area contributed by atoms with Gasteiger partial charge in [-0.15, -0.1) is 0 Å². The summed E-state index contributed by atoms with van der Waals surface area (Å²) in [4.78, 5) is 63.1. The summed E-state index contributed by atoms with van der Waals surface area (Å²) in [5.74, 6) is -1.12. The zero-order valence-electron chi connectivity index (χ0n) is 31.5. The van der Waals surface area contributed by atoms with E-state index in [1.165, 1.54) is 54.0 Å². The van der Waals surface area contributed by atoms with Gasteiger partial charge in [-0.3, -0.25) is 24.2 Å². The number of carbonyl (C=O) groups excluding carboxylic acids is 4. The molecule has 0 spiro atoms. The summed E-state index contributed by atoms with van der Waals surface area (Å²) < 4.78 is 46.0. The molecule has 0 bridgehead atoms. The maximum atomic E-state index is 14.5. The Morgan fingerprint density at radius 3 is 2.21 bits per heavy atom. The normalized spacial score (nSPS) is 22.8. The van der Waals surface area contributed by atoms with Crippen molar-refractivity contribution in [2.24, 2.45) is 0 Å². The summed E-state index contributed by atoms with van der Waals surface area (Å²) in [6, 6.07) is 21.2. The zero-order valence-corrected chi connectivity index (χ0v) is 31.5. The molecule has 0 aromatic heterocycles. The van der Waals surface area contributed by atoms with Crippen LogP contribution in [0.25, 0.3) is 0 Å². The number of aryl methyl sites for hydroxylation is 1. The molecular formula is C43H50F3N5O5. The number of nitrogens with one attached hydrogen (secondary N) is 1. The maximum absolute atomic E-state index is 14.5. The van der Waals surface area contributed by atoms with E-state index >= 15 is 0 Å². The number of β-lactam (4-membered cyclic amide) rings is 1. The molecular weight excluding hydrogens is 723 g/mol. The van der Waals surface area contributed by atoms with Gasteiger partial charge in [0.2, 0.25) is 17.7 Å². The van der Waals surface area contributed by atoms with Gasteiger partial charge >= 0.3 is 12.3 Å². The van der Waals surface area contributed by atoms with Gasteiger partial charge in [0.1, 0.15) is 18.7 Å². The lowest BCUT2D eigenvalue weighted by molar-refractivity contribution is -0.167. The summed E-state index contributed by atoms with van der Waals surface area (Å²) in [6.45, 7) is 2.63. The molecule has 4 fully saturated rings. The van der Waals surface area contributed by atoms with Crippen LogP contribution in [-0.2, 0) is 38.3 Å². The number of hydrogen-bond donors (Lipinski definition) is 1. The van der Waals surface area contributed by atoms with E-state index in [0.29, 0.717) is 32.0 Å². The molecule has 4 atom stereocenters. The fourth-order valence-corrected chi connectivity index (χ4v) is 8.93. The third-order valence-electron chi connectivity index (χ3n) is 11.9. The van der Waals surface area contributed by atoms with Crippen LogP contribution in [0, 0.1) is 0 Å². The van der Waals surface area contributed by atoms with Crippen LogP contribution in [0.15, 0.2) is 84.9 Å². The van der Waals surface area contributed by atoms with Gasteiger partial charge in [-0.05, 0) is 60.9 Å². The standard InChI is InChI=1S/C43H50F3N5O5/c44-43(45,46)33-16-10-13-31(27-33)28-47-40(53)36(21-22-38(52)49-25-23-48(24-26-49)34-17-8-3-9-18-34)50-35(20-19-30-11-4-1-5-12-30)39(41(50)54)51-37(29-56-42(51)55)32-14-6-2-7-15-32/h1-2,4-7,10-16,27,34-37,39H,3,8-9,17-26,28-29H2,(H,47,53)/t35-,36+,37-,39+/m1/s1. The smallest absolute Gasteiger partial charge is 0.416 e. The average molecular weight is 774 g/mol. The fourth-order valence-electron chi connectivity index (χ4n) is 8.93. The van der Waals surface area contributed by atoms with Crippen LogP contribution >= 0.6 is 0 Å². The van der Waals surface area contributed by atoms with E-state index in [0.717, 1.165) is 36.3 Å². The highest BCUT2D eigenvalue weighted by molar-refractivity contribution is 5.97. The molecule has 3 aliphatic heterocycles. The van der Waals surface area contributed by atoms with E-state index < -0.39 is 53.8 Å². The van der Waals surface area contributed by atoms with Crippen molar-refractivity contribution in [3.05, 3.63) is 107 Å². The predicted molar refractivity (Wildman–Crippen MR) is 203 cm³/mol. The summed E-state index contributed by atoms with van der Waals surface area (Å²) >= 11 is 0. The van der Waals surface area contributed by atoms with E-state index in [2.05, 4.69) is 10.2 Å². The first-order chi connectivity index (χ1) is 27.1. The van der Waals surface area contributed by atoms with Crippen LogP contribution in [0.4, 0.5) is 18.0 Å². The molecule has 1 aliphatic carbocycles. The Hall–Kier alpha value is -4.91. The highest BCUT2D eigenvalue weighted by Gasteiger charge is 2.58. The number of piperazine rings is 1. The zero-order chi connectivity index (χ0) is 39.2. The lowest BCUT2D eigenvalue weighted by Gasteiger charge is -2.53. The largest absolute Gasteiger partial charge is 0.447 e. The number of benzene rings is 3. The van der Waals surface area contributed by atoms with Gasteiger partial charge in [-0.1, -0.05) is 92.1 Å². The second kappa shape index (κ2) is 17.5. The Morgan fingerprint density at radius 2 is 1.52 bits per heavy atom. The Labute approximate surface area is 325 Å². The van der Waals surface area contributed by atoms with Crippen LogP contribution < -0.4 is 5.32 Å². The molecule has 7 rings (SSSR count). The van der Waals surface area contributed by atoms with Crippen molar-refractivity contribution in [2.75, 3.05) is 32.8 Å². The SMILES string of the molecule is O=C(NCc1cccc(C(F)(F)F)c1)[C@H](CCC(=O)N1CCN(C2CCCCC2)CC1)N1C(=O)[C@@H](N2C(=O)OC[C@@H]2c2ccccc2)[C@H]1CCc1ccccc1. The third kappa shape index (κ3) is 8.88. The predicted octanol–water partition coefficient (Wildman–Crippen LogP) is 6.35. The molecule has 3 saturated heterocycles. The summed E-state index contributed by atoms with van der Waals surface area (Å²) in [5.41, 5.74) is 1.25. The van der Waals surface area contributed by atoms with Crippen LogP contribution in [0.5, 0.6) is 0 Å². The summed E-state index contributed by atoms with van der Waals surface area (Å²) in [6.07, 6.45) is 1.92. The maximum Gasteiger partial charge on any atom is 0.416 e. The first-order valence-corrected chi connectivity index (χ1v) is 19.9. The minimum atomic E-state index is -4.55. The molecule has 0 radical (unpaired) electrons. The lowest BCUT2D eigenvalue weighted by atomic mass is 9.84. The Morgan fingerprint density at radius 1 is 0.839 bits per heavy atom. The molecule has 4 aliphatic rings. The number of rotatable bonds is 13. The van der Waals surface area contributed by atoms with Crippen molar-refractivity contribution in [3.8, 4) is 0 Å². The molecule has 0 unspecified atom stereocenters. The molecule has 4 amide bonds. The summed E-state index contributed by atoms with van der Waals surface area (Å²) in [5, 5.41) is 2.78. The van der Waals surface area contributed by atoms with Crippen LogP contribution in [0.1, 0.15) is 79.7 Å². The number of alkyl halides is 3. The van der Waals surface area contributed by atoms with Gasteiger partial charge < -0.3 is 19.9 Å². The van der Waals surface area contributed by atoms with Gasteiger partial charge in [-0.2, -0.15) is 13.2 Å². The molecule has 1 saturated carbocycles. The molecule has 1 N–H and O–H groups in total. The van der Waals surface area contributed by atoms with E-state index in [9.17, 15) is 32.3 Å². The number of halogens is 3. The highest BCUT2D eigenvalue weighted by atomic mass is 19.4. The van der Waals surface area contributed by atoms with Crippen molar-refractivity contribution >= 4 is 23.8 Å². The minimum absolute atomic E-state index is 0.00330. The molecule has 3 heterocycles. The van der Waals surface area contributed by atoms with Gasteiger partial charge in [-0.25, -0.2) is 4.79 Å². The van der Waals surface area contributed by atoms with Gasteiger partial charge in [0.25, 0.3) is 0 Å². The van der Waals surface area contributed by atoms with Crippen LogP contribution in [0.3, 0.4) is 0 Å². The quantitative estimate of drug-likeness (QED) is 0.203. The van der Waals surface area contributed by atoms with Crippen molar-refractivity contribution < 1.29 is 37.1 Å². The second-order valence-electron chi connectivity index (χ2n) is 15.4. The molecule has 3 aromatic rings. The monoisotopic (exact) mass is 773 g/mol. The number of cyclic esters (lactones) is 1. The van der Waals surface area contributed by atoms with Gasteiger partial charge in [0, 0.05) is 45.2 Å². The number of carbonyl (C=O) groups is 4. The Balaban J connectivity index is 1.12. The second-order valence-corrected chi connectivity index (χ2v) is 15.4. The molecule has 56 heavy (non-hydrogen) atoms. The Kier molecular flexibility index (Phi) is 12.3. The Bertz CT molecular complexity index is 1830. The van der Waals surface area contributed by atoms with Crippen molar-refractivity contribution in [3.63, 3.8) is 0 Å². The number of nitrogens with zero attached hydrogens (tertiary/aromatic N) is 4. The van der Waals surface area contributed by atoms with Crippen molar-refractivity contribution in [1.82, 2.24) is 24.9 Å². The third-order valence-corrected chi connectivity index (χ3v) is 11.9. The minimum Gasteiger partial charge on any atom is -0.447 e. The first kappa shape index (κ1) is 39.3. The van der Waals surface area contributed by atoms with Gasteiger partial charge in [0.15, 0.2) is 0 Å². The average Bonchev–Trinajstić information content (AvgIpc) is 3.60. The fraction of sp³-hybridized carbons (Fsp3) is 0.488. The highest BCUT2D eigenvalue weighted by Crippen LogP contribution is 2.40. The molecule has 13 heteroatoms. The van der Waals surface area contributed by atoms with Gasteiger partial charge in [0.05, 0.1) is 17.6 Å². The molecule has 10 nitrogen and oxygen atoms in total. The molecule has 3 aromatic carbocycles. The van der Waals surface area contributed by atoms with Crippen LogP contribution in [-0.4, -0.2) is 100 Å². The van der Waals surface area contributed by atoms with Crippen molar-refractivity contribution in [1.29, 1.82) is 0 Å². The van der Waals surface area contributed by atoms with Crippen LogP contribution in [0.2, 0.25) is 0 Å². The first-order valence-electron chi connectivity index (χ1n) is 19.9. The molecule has 298 valence electrons. The van der Waals surface area contributed by atoms with E-state index in [4.69, 9.17) is 4.74 Å². The topological polar surface area (TPSA) is 103 Å². The van der Waals surface area contributed by atoms with Crippen molar-refractivity contribution in [2.45, 2.75) is 101 Å². The van der Waals surface area contributed by atoms with E-state index in [1.54, 1.807) is 0 Å². The number of hydrogen-bond acceptors (Lipinski definition) is 6. The summed E-state index contributed by atoms with van der Waals surface area (Å²) in [7, 11) is 0. The number of amides is 4. The lowest BCUT2D eigenvalue weighted by Crippen LogP contribution is -2.74. The van der Waals surface area contributed by atoms with E-state index in [-0.39, 0.29) is 37.5 Å².